The van der Waals surface area contributed by atoms with Gasteiger partial charge in [-0.2, -0.15) is 0 Å². The van der Waals surface area contributed by atoms with Crippen LogP contribution in [0.4, 0.5) is 5.69 Å². The highest BCUT2D eigenvalue weighted by molar-refractivity contribution is 7.92. The molecule has 0 aromatic heterocycles. The van der Waals surface area contributed by atoms with Crippen molar-refractivity contribution in [3.63, 3.8) is 0 Å². The summed E-state index contributed by atoms with van der Waals surface area (Å²) in [6.07, 6.45) is 0.378. The fourth-order valence-corrected chi connectivity index (χ4v) is 4.10. The SMILES string of the molecule is CCN(Cc1cccc(NS(=O)(=O)c2ccc(OCCCC(=O)O)c(C)c2)c1)C(C)=O. The molecule has 0 spiro atoms. The van der Waals surface area contributed by atoms with Crippen molar-refractivity contribution in [3.8, 4) is 5.75 Å². The van der Waals surface area contributed by atoms with Gasteiger partial charge in [0, 0.05) is 32.1 Å². The Balaban J connectivity index is 2.10. The second kappa shape index (κ2) is 10.8. The van der Waals surface area contributed by atoms with E-state index in [1.165, 1.54) is 19.1 Å². The smallest absolute Gasteiger partial charge is 0.303 e. The Labute approximate surface area is 182 Å². The highest BCUT2D eigenvalue weighted by Gasteiger charge is 2.16. The second-order valence-electron chi connectivity index (χ2n) is 7.11. The summed E-state index contributed by atoms with van der Waals surface area (Å²) in [5.41, 5.74) is 1.86. The summed E-state index contributed by atoms with van der Waals surface area (Å²) in [6.45, 7) is 6.31. The molecular weight excluding hydrogens is 420 g/mol. The van der Waals surface area contributed by atoms with Crippen LogP contribution in [0.1, 0.15) is 37.8 Å². The first-order chi connectivity index (χ1) is 14.6. The Hall–Kier alpha value is -3.07. The Morgan fingerprint density at radius 3 is 2.52 bits per heavy atom. The molecule has 2 rings (SSSR count). The van der Waals surface area contributed by atoms with Gasteiger partial charge < -0.3 is 14.7 Å². The average molecular weight is 449 g/mol. The van der Waals surface area contributed by atoms with Crippen molar-refractivity contribution in [3.05, 3.63) is 53.6 Å². The van der Waals surface area contributed by atoms with Gasteiger partial charge in [0.1, 0.15) is 5.75 Å². The first kappa shape index (κ1) is 24.2. The molecule has 8 nitrogen and oxygen atoms in total. The number of amides is 1. The lowest BCUT2D eigenvalue weighted by Crippen LogP contribution is -2.27. The van der Waals surface area contributed by atoms with E-state index in [9.17, 15) is 18.0 Å². The number of aliphatic carboxylic acids is 1. The lowest BCUT2D eigenvalue weighted by Gasteiger charge is -2.19. The second-order valence-corrected chi connectivity index (χ2v) is 8.79. The molecule has 0 fully saturated rings. The zero-order chi connectivity index (χ0) is 23.0. The van der Waals surface area contributed by atoms with Gasteiger partial charge in [-0.1, -0.05) is 12.1 Å². The summed E-state index contributed by atoms with van der Waals surface area (Å²) in [6, 6.07) is 11.4. The third-order valence-electron chi connectivity index (χ3n) is 4.63. The molecule has 0 atom stereocenters. The van der Waals surface area contributed by atoms with E-state index in [1.54, 1.807) is 36.1 Å². The summed E-state index contributed by atoms with van der Waals surface area (Å²) in [7, 11) is -3.82. The highest BCUT2D eigenvalue weighted by atomic mass is 32.2. The van der Waals surface area contributed by atoms with Crippen molar-refractivity contribution in [2.45, 2.75) is 45.1 Å². The van der Waals surface area contributed by atoms with Crippen molar-refractivity contribution < 1.29 is 27.9 Å². The third-order valence-corrected chi connectivity index (χ3v) is 6.01. The molecule has 0 aliphatic rings. The number of anilines is 1. The van der Waals surface area contributed by atoms with Crippen molar-refractivity contribution >= 4 is 27.6 Å². The van der Waals surface area contributed by atoms with Crippen LogP contribution in [0, 0.1) is 6.92 Å². The molecule has 0 radical (unpaired) electrons. The number of carboxylic acids is 1. The number of aryl methyl sites for hydroxylation is 1. The van der Waals surface area contributed by atoms with Gasteiger partial charge >= 0.3 is 5.97 Å². The molecule has 0 bridgehead atoms. The number of benzene rings is 2. The van der Waals surface area contributed by atoms with Gasteiger partial charge in [-0.05, 0) is 61.7 Å². The van der Waals surface area contributed by atoms with Crippen LogP contribution in [0.2, 0.25) is 0 Å². The van der Waals surface area contributed by atoms with E-state index in [1.807, 2.05) is 13.0 Å². The summed E-state index contributed by atoms with van der Waals surface area (Å²) in [5.74, 6) is -0.426. The van der Waals surface area contributed by atoms with Crippen LogP contribution in [-0.2, 0) is 26.2 Å². The monoisotopic (exact) mass is 448 g/mol. The van der Waals surface area contributed by atoms with E-state index in [0.717, 1.165) is 5.56 Å². The lowest BCUT2D eigenvalue weighted by molar-refractivity contribution is -0.137. The number of ether oxygens (including phenoxy) is 1. The molecule has 9 heteroatoms. The number of nitrogens with zero attached hydrogens (tertiary/aromatic N) is 1. The maximum absolute atomic E-state index is 12.8. The number of carbonyl (C=O) groups excluding carboxylic acids is 1. The maximum atomic E-state index is 12.8. The number of rotatable bonds is 11. The number of carboxylic acid groups (broad SMARTS) is 1. The largest absolute Gasteiger partial charge is 0.493 e. The predicted molar refractivity (Wildman–Crippen MR) is 118 cm³/mol. The molecule has 31 heavy (non-hydrogen) atoms. The summed E-state index contributed by atoms with van der Waals surface area (Å²) in [4.78, 5) is 23.9. The van der Waals surface area contributed by atoms with Gasteiger partial charge in [-0.15, -0.1) is 0 Å². The molecule has 2 aromatic rings. The molecular formula is C22H28N2O6S. The first-order valence-electron chi connectivity index (χ1n) is 9.95. The van der Waals surface area contributed by atoms with Crippen LogP contribution in [0.3, 0.4) is 0 Å². The minimum absolute atomic E-state index is 0.0108. The molecule has 0 unspecified atom stereocenters. The lowest BCUT2D eigenvalue weighted by atomic mass is 10.2. The van der Waals surface area contributed by atoms with E-state index in [-0.39, 0.29) is 23.8 Å². The topological polar surface area (TPSA) is 113 Å². The van der Waals surface area contributed by atoms with Crippen LogP contribution >= 0.6 is 0 Å². The maximum Gasteiger partial charge on any atom is 0.303 e. The third kappa shape index (κ3) is 7.29. The molecule has 0 aliphatic carbocycles. The van der Waals surface area contributed by atoms with Crippen LogP contribution in [0.25, 0.3) is 0 Å². The summed E-state index contributed by atoms with van der Waals surface area (Å²) < 4.78 is 33.7. The fourth-order valence-electron chi connectivity index (χ4n) is 2.97. The number of nitrogens with one attached hydrogen (secondary N) is 1. The molecule has 0 saturated carbocycles. The van der Waals surface area contributed by atoms with E-state index in [2.05, 4.69) is 4.72 Å². The van der Waals surface area contributed by atoms with Gasteiger partial charge in [0.15, 0.2) is 0 Å². The van der Waals surface area contributed by atoms with Crippen molar-refractivity contribution in [2.24, 2.45) is 0 Å². The van der Waals surface area contributed by atoms with Gasteiger partial charge in [0.2, 0.25) is 5.91 Å². The quantitative estimate of drug-likeness (QED) is 0.510. The first-order valence-corrected chi connectivity index (χ1v) is 11.4. The van der Waals surface area contributed by atoms with Crippen LogP contribution in [0.15, 0.2) is 47.4 Å². The van der Waals surface area contributed by atoms with E-state index < -0.39 is 16.0 Å². The zero-order valence-corrected chi connectivity index (χ0v) is 18.7. The van der Waals surface area contributed by atoms with E-state index in [4.69, 9.17) is 9.84 Å². The fraction of sp³-hybridized carbons (Fsp3) is 0.364. The minimum atomic E-state index is -3.82. The Morgan fingerprint density at radius 1 is 1.16 bits per heavy atom. The molecule has 1 amide bonds. The zero-order valence-electron chi connectivity index (χ0n) is 17.9. The number of hydrogen-bond donors (Lipinski definition) is 2. The van der Waals surface area contributed by atoms with Crippen LogP contribution in [0.5, 0.6) is 5.75 Å². The number of carbonyl (C=O) groups is 2. The van der Waals surface area contributed by atoms with Crippen molar-refractivity contribution in [1.29, 1.82) is 0 Å². The number of hydrogen-bond acceptors (Lipinski definition) is 5. The molecule has 0 heterocycles. The Morgan fingerprint density at radius 2 is 1.90 bits per heavy atom. The predicted octanol–water partition coefficient (Wildman–Crippen LogP) is 3.41. The molecule has 2 N–H and O–H groups in total. The van der Waals surface area contributed by atoms with Crippen LogP contribution in [-0.4, -0.2) is 43.5 Å². The molecule has 168 valence electrons. The van der Waals surface area contributed by atoms with Gasteiger partial charge in [-0.25, -0.2) is 8.42 Å². The number of sulfonamides is 1. The summed E-state index contributed by atoms with van der Waals surface area (Å²) >= 11 is 0. The van der Waals surface area contributed by atoms with Gasteiger partial charge in [-0.3, -0.25) is 14.3 Å². The molecule has 0 aliphatic heterocycles. The van der Waals surface area contributed by atoms with Gasteiger partial charge in [0.25, 0.3) is 10.0 Å². The highest BCUT2D eigenvalue weighted by Crippen LogP contribution is 2.24. The average Bonchev–Trinajstić information content (AvgIpc) is 2.69. The van der Waals surface area contributed by atoms with Crippen molar-refractivity contribution in [2.75, 3.05) is 17.9 Å². The standard InChI is InChI=1S/C22H28N2O6S/c1-4-24(17(3)25)15-18-7-5-8-19(14-18)23-31(28,29)20-10-11-21(16(2)13-20)30-12-6-9-22(26)27/h5,7-8,10-11,13-14,23H,4,6,9,12,15H2,1-3H3,(H,26,27). The Kier molecular flexibility index (Phi) is 8.44. The molecule has 2 aromatic carbocycles. The van der Waals surface area contributed by atoms with Crippen molar-refractivity contribution in [1.82, 2.24) is 4.90 Å². The van der Waals surface area contributed by atoms with Crippen LogP contribution < -0.4 is 9.46 Å². The van der Waals surface area contributed by atoms with Gasteiger partial charge in [0.05, 0.1) is 11.5 Å². The minimum Gasteiger partial charge on any atom is -0.493 e. The normalized spacial score (nSPS) is 11.1. The summed E-state index contributed by atoms with van der Waals surface area (Å²) in [5, 5.41) is 8.66. The Bertz CT molecular complexity index is 1040. The molecule has 0 saturated heterocycles. The van der Waals surface area contributed by atoms with E-state index >= 15 is 0 Å². The van der Waals surface area contributed by atoms with E-state index in [0.29, 0.717) is 36.5 Å².